The Kier molecular flexibility index (Phi) is 2.68. The van der Waals surface area contributed by atoms with Crippen molar-refractivity contribution in [3.63, 3.8) is 0 Å². The van der Waals surface area contributed by atoms with E-state index in [0.29, 0.717) is 29.8 Å². The first-order chi connectivity index (χ1) is 9.19. The van der Waals surface area contributed by atoms with Crippen LogP contribution in [0.4, 0.5) is 0 Å². The maximum atomic E-state index is 13.1. The first kappa shape index (κ1) is 12.2. The third-order valence-electron chi connectivity index (χ3n) is 6.19. The molecule has 0 aliphatic carbocycles. The van der Waals surface area contributed by atoms with Gasteiger partial charge in [0.1, 0.15) is 0 Å². The summed E-state index contributed by atoms with van der Waals surface area (Å²) < 4.78 is 0.0772. The summed E-state index contributed by atoms with van der Waals surface area (Å²) in [5.74, 6) is 1.33. The van der Waals surface area contributed by atoms with Gasteiger partial charge in [0.25, 0.3) is 0 Å². The molecular weight excluding hydrogens is 240 g/mol. The Morgan fingerprint density at radius 3 is 2.74 bits per heavy atom. The van der Waals surface area contributed by atoms with Crippen LogP contribution in [0.3, 0.4) is 0 Å². The van der Waals surface area contributed by atoms with Crippen LogP contribution in [0.15, 0.2) is 0 Å². The van der Waals surface area contributed by atoms with Gasteiger partial charge in [-0.05, 0) is 38.5 Å². The fourth-order valence-corrected chi connectivity index (χ4v) is 5.55. The minimum absolute atomic E-state index is 0.0772. The average Bonchev–Trinajstić information content (AvgIpc) is 2.40. The first-order valence-corrected chi connectivity index (χ1v) is 8.06. The van der Waals surface area contributed by atoms with E-state index in [1.54, 1.807) is 0 Å². The zero-order chi connectivity index (χ0) is 13.0. The van der Waals surface area contributed by atoms with Crippen molar-refractivity contribution in [2.24, 2.45) is 11.8 Å². The number of carbonyl (C=O) groups excluding carboxylic acids is 1. The summed E-state index contributed by atoms with van der Waals surface area (Å²) in [6.07, 6.45) is 7.38. The quantitative estimate of drug-likeness (QED) is 0.495. The van der Waals surface area contributed by atoms with Gasteiger partial charge in [0.15, 0.2) is 0 Å². The Hall–Kier alpha value is -0.610. The van der Waals surface area contributed by atoms with Gasteiger partial charge < -0.3 is 14.8 Å². The highest BCUT2D eigenvalue weighted by atomic mass is 16.5. The van der Waals surface area contributed by atoms with E-state index in [4.69, 9.17) is 0 Å². The van der Waals surface area contributed by atoms with Crippen molar-refractivity contribution < 1.29 is 9.44 Å². The maximum absolute atomic E-state index is 13.1. The third-order valence-corrected chi connectivity index (χ3v) is 6.19. The molecule has 0 N–H and O–H groups in total. The van der Waals surface area contributed by atoms with Crippen LogP contribution in [0.2, 0.25) is 0 Å². The Morgan fingerprint density at radius 2 is 1.89 bits per heavy atom. The lowest BCUT2D eigenvalue weighted by molar-refractivity contribution is -0.925. The molecule has 4 rings (SSSR count). The van der Waals surface area contributed by atoms with Crippen LogP contribution >= 0.6 is 0 Å². The lowest BCUT2D eigenvalue weighted by atomic mass is 9.67. The lowest BCUT2D eigenvalue weighted by Gasteiger charge is -2.64. The zero-order valence-corrected chi connectivity index (χ0v) is 11.6. The molecule has 4 aliphatic rings. The molecule has 4 aliphatic heterocycles. The van der Waals surface area contributed by atoms with E-state index in [1.807, 2.05) is 0 Å². The Morgan fingerprint density at radius 1 is 1.11 bits per heavy atom. The molecule has 0 bridgehead atoms. The van der Waals surface area contributed by atoms with Crippen LogP contribution in [-0.4, -0.2) is 47.2 Å². The van der Waals surface area contributed by atoms with Crippen molar-refractivity contribution in [3.05, 3.63) is 5.21 Å². The van der Waals surface area contributed by atoms with Gasteiger partial charge in [0.05, 0.1) is 19.1 Å². The molecule has 0 saturated carbocycles. The summed E-state index contributed by atoms with van der Waals surface area (Å²) in [5, 5.41) is 13.1. The van der Waals surface area contributed by atoms with E-state index in [0.717, 1.165) is 51.7 Å². The molecular formula is C15H24N2O2. The summed E-state index contributed by atoms with van der Waals surface area (Å²) in [7, 11) is 0. The monoisotopic (exact) mass is 264 g/mol. The van der Waals surface area contributed by atoms with Crippen molar-refractivity contribution in [2.45, 2.75) is 57.0 Å². The molecule has 5 atom stereocenters. The molecule has 4 nitrogen and oxygen atoms in total. The van der Waals surface area contributed by atoms with Crippen LogP contribution in [0.1, 0.15) is 44.9 Å². The van der Waals surface area contributed by atoms with E-state index in [1.165, 1.54) is 12.8 Å². The summed E-state index contributed by atoms with van der Waals surface area (Å²) in [5.41, 5.74) is 0. The van der Waals surface area contributed by atoms with E-state index in [-0.39, 0.29) is 4.65 Å². The molecule has 0 aromatic carbocycles. The van der Waals surface area contributed by atoms with Gasteiger partial charge in [-0.15, -0.1) is 0 Å². The molecule has 0 unspecified atom stereocenters. The van der Waals surface area contributed by atoms with Gasteiger partial charge in [0.2, 0.25) is 5.91 Å². The van der Waals surface area contributed by atoms with E-state index in [9.17, 15) is 10.0 Å². The highest BCUT2D eigenvalue weighted by Crippen LogP contribution is 2.47. The standard InChI is InChI=1S/C15H24N2O2/c18-14-7-1-6-13-12-5-3-9-17(19)8-2-4-11(15(12)17)10-16(13)14/h11-13,15H,1-10H2/t11-,12-,13+,15-,17+/m0/s1. The van der Waals surface area contributed by atoms with Gasteiger partial charge >= 0.3 is 0 Å². The Labute approximate surface area is 114 Å². The Balaban J connectivity index is 1.69. The smallest absolute Gasteiger partial charge is 0.222 e. The maximum Gasteiger partial charge on any atom is 0.222 e. The van der Waals surface area contributed by atoms with Crippen molar-refractivity contribution in [2.75, 3.05) is 19.6 Å². The number of hydroxylamine groups is 3. The summed E-state index contributed by atoms with van der Waals surface area (Å²) in [4.78, 5) is 14.3. The molecule has 19 heavy (non-hydrogen) atoms. The number of hydrogen-bond acceptors (Lipinski definition) is 2. The molecule has 4 heterocycles. The Bertz CT molecular complexity index is 396. The number of piperidine rings is 4. The third kappa shape index (κ3) is 1.69. The van der Waals surface area contributed by atoms with Crippen molar-refractivity contribution in [3.8, 4) is 0 Å². The average molecular weight is 264 g/mol. The van der Waals surface area contributed by atoms with Gasteiger partial charge in [-0.2, -0.15) is 0 Å². The molecule has 1 amide bonds. The SMILES string of the molecule is O=C1CCC[C@@H]2[C@@H]3CCC[N@+]4([O-])CCC[C@@H](CN12)[C@@H]34. The van der Waals surface area contributed by atoms with Gasteiger partial charge in [0, 0.05) is 30.8 Å². The first-order valence-electron chi connectivity index (χ1n) is 8.06. The number of rotatable bonds is 0. The second-order valence-electron chi connectivity index (χ2n) is 7.10. The molecule has 4 fully saturated rings. The number of amides is 1. The topological polar surface area (TPSA) is 43.4 Å². The van der Waals surface area contributed by atoms with Crippen molar-refractivity contribution in [1.29, 1.82) is 0 Å². The predicted octanol–water partition coefficient (Wildman–Crippen LogP) is 1.88. The number of quaternary nitrogens is 1. The van der Waals surface area contributed by atoms with Gasteiger partial charge in [-0.1, -0.05) is 0 Å². The van der Waals surface area contributed by atoms with Gasteiger partial charge in [-0.3, -0.25) is 4.79 Å². The van der Waals surface area contributed by atoms with Crippen LogP contribution in [-0.2, 0) is 4.79 Å². The van der Waals surface area contributed by atoms with Crippen molar-refractivity contribution >= 4 is 5.91 Å². The summed E-state index contributed by atoms with van der Waals surface area (Å²) >= 11 is 0. The molecule has 4 heteroatoms. The molecule has 106 valence electrons. The minimum atomic E-state index is 0.0772. The largest absolute Gasteiger partial charge is 0.633 e. The number of hydrogen-bond donors (Lipinski definition) is 0. The fourth-order valence-electron chi connectivity index (χ4n) is 5.55. The second-order valence-corrected chi connectivity index (χ2v) is 7.10. The van der Waals surface area contributed by atoms with Gasteiger partial charge in [-0.25, -0.2) is 0 Å². The lowest BCUT2D eigenvalue weighted by Crippen LogP contribution is -2.71. The molecule has 0 aromatic heterocycles. The molecule has 0 radical (unpaired) electrons. The van der Waals surface area contributed by atoms with Crippen LogP contribution in [0, 0.1) is 17.0 Å². The highest BCUT2D eigenvalue weighted by Gasteiger charge is 2.55. The van der Waals surface area contributed by atoms with Crippen molar-refractivity contribution in [1.82, 2.24) is 4.90 Å². The van der Waals surface area contributed by atoms with E-state index in [2.05, 4.69) is 4.90 Å². The van der Waals surface area contributed by atoms with Crippen LogP contribution in [0.5, 0.6) is 0 Å². The number of carbonyl (C=O) groups is 1. The zero-order valence-electron chi connectivity index (χ0n) is 11.6. The minimum Gasteiger partial charge on any atom is -0.633 e. The number of nitrogens with zero attached hydrogens (tertiary/aromatic N) is 2. The second kappa shape index (κ2) is 4.19. The summed E-state index contributed by atoms with van der Waals surface area (Å²) in [6.45, 7) is 2.55. The van der Waals surface area contributed by atoms with E-state index < -0.39 is 0 Å². The predicted molar refractivity (Wildman–Crippen MR) is 71.9 cm³/mol. The highest BCUT2D eigenvalue weighted by molar-refractivity contribution is 5.77. The van der Waals surface area contributed by atoms with Crippen LogP contribution < -0.4 is 0 Å². The van der Waals surface area contributed by atoms with Crippen LogP contribution in [0.25, 0.3) is 0 Å². The number of fused-ring (bicyclic) bond motifs is 2. The molecule has 4 saturated heterocycles. The fraction of sp³-hybridized carbons (Fsp3) is 0.933. The normalized spacial score (nSPS) is 49.5. The molecule has 0 aromatic rings. The van der Waals surface area contributed by atoms with E-state index >= 15 is 0 Å². The summed E-state index contributed by atoms with van der Waals surface area (Å²) in [6, 6.07) is 0.710. The molecule has 0 spiro atoms.